The van der Waals surface area contributed by atoms with Crippen molar-refractivity contribution >= 4 is 33.3 Å². The highest BCUT2D eigenvalue weighted by Gasteiger charge is 2.17. The maximum absolute atomic E-state index is 12.9. The van der Waals surface area contributed by atoms with Gasteiger partial charge in [0.25, 0.3) is 0 Å². The third-order valence-electron chi connectivity index (χ3n) is 4.43. The second-order valence-electron chi connectivity index (χ2n) is 6.43. The summed E-state index contributed by atoms with van der Waals surface area (Å²) in [6, 6.07) is 11.5. The lowest BCUT2D eigenvalue weighted by atomic mass is 10.1. The molecule has 0 aliphatic carbocycles. The summed E-state index contributed by atoms with van der Waals surface area (Å²) in [5, 5.41) is 5.22. The number of thiophene rings is 1. The van der Waals surface area contributed by atoms with Crippen molar-refractivity contribution in [1.82, 2.24) is 19.9 Å². The Morgan fingerprint density at radius 1 is 1.14 bits per heavy atom. The maximum atomic E-state index is 12.9. The highest BCUT2D eigenvalue weighted by atomic mass is 32.1. The van der Waals surface area contributed by atoms with Crippen LogP contribution in [0, 0.1) is 0 Å². The van der Waals surface area contributed by atoms with Gasteiger partial charge in [-0.15, -0.1) is 11.3 Å². The topological polar surface area (TPSA) is 80.7 Å². The molecule has 0 bridgehead atoms. The van der Waals surface area contributed by atoms with Crippen molar-refractivity contribution in [2.45, 2.75) is 25.8 Å². The van der Waals surface area contributed by atoms with Gasteiger partial charge in [0.1, 0.15) is 5.69 Å². The molecule has 4 aromatic heterocycles. The highest BCUT2D eigenvalue weighted by Crippen LogP contribution is 2.26. The number of aromatic nitrogens is 4. The van der Waals surface area contributed by atoms with E-state index in [1.165, 1.54) is 11.3 Å². The molecule has 1 atom stereocenters. The zero-order valence-electron chi connectivity index (χ0n) is 15.4. The van der Waals surface area contributed by atoms with Gasteiger partial charge in [0, 0.05) is 30.7 Å². The Morgan fingerprint density at radius 3 is 2.86 bits per heavy atom. The smallest absolute Gasteiger partial charge is 0.224 e. The number of aryl methyl sites for hydroxylation is 1. The summed E-state index contributed by atoms with van der Waals surface area (Å²) in [6.45, 7) is 2.01. The predicted molar refractivity (Wildman–Crippen MR) is 111 cm³/mol. The van der Waals surface area contributed by atoms with E-state index in [4.69, 9.17) is 0 Å². The Balaban J connectivity index is 1.57. The number of ketones is 1. The minimum absolute atomic E-state index is 0.00224. The normalized spacial score (nSPS) is 12.0. The van der Waals surface area contributed by atoms with Crippen LogP contribution in [0.2, 0.25) is 0 Å². The summed E-state index contributed by atoms with van der Waals surface area (Å²) in [7, 11) is 0. The van der Waals surface area contributed by atoms with Crippen molar-refractivity contribution in [2.75, 3.05) is 5.32 Å². The molecule has 140 valence electrons. The van der Waals surface area contributed by atoms with Crippen molar-refractivity contribution in [1.29, 1.82) is 0 Å². The summed E-state index contributed by atoms with van der Waals surface area (Å²) in [5.74, 6) is 0.445. The molecule has 28 heavy (non-hydrogen) atoms. The summed E-state index contributed by atoms with van der Waals surface area (Å²) < 4.78 is 0.825. The van der Waals surface area contributed by atoms with Gasteiger partial charge in [-0.05, 0) is 48.6 Å². The first-order valence-corrected chi connectivity index (χ1v) is 9.93. The Hall–Kier alpha value is -3.19. The quantitative estimate of drug-likeness (QED) is 0.470. The van der Waals surface area contributed by atoms with E-state index in [1.54, 1.807) is 18.6 Å². The fourth-order valence-electron chi connectivity index (χ4n) is 2.93. The number of nitrogens with zero attached hydrogens (tertiary/aromatic N) is 4. The molecule has 0 unspecified atom stereocenters. The summed E-state index contributed by atoms with van der Waals surface area (Å²) in [6.07, 6.45) is 6.23. The molecule has 0 saturated heterocycles. The Labute approximate surface area is 166 Å². The number of pyridine rings is 2. The van der Waals surface area contributed by atoms with Gasteiger partial charge >= 0.3 is 0 Å². The lowest BCUT2D eigenvalue weighted by molar-refractivity contribution is 0.0979. The van der Waals surface area contributed by atoms with Crippen LogP contribution in [0.4, 0.5) is 5.95 Å². The Kier molecular flexibility index (Phi) is 5.34. The number of carbonyl (C=O) groups excluding carboxylic acids is 1. The molecule has 7 heteroatoms. The molecule has 0 amide bonds. The van der Waals surface area contributed by atoms with E-state index in [0.29, 0.717) is 24.5 Å². The molecule has 0 radical (unpaired) electrons. The largest absolute Gasteiger partial charge is 0.348 e. The number of carbonyl (C=O) groups is 1. The SMILES string of the molecule is C[C@H](Nc1nc(C(=O)CCc2ccccn2)c2sccc2n1)c1cccnc1. The number of anilines is 1. The first kappa shape index (κ1) is 18.2. The van der Waals surface area contributed by atoms with Crippen LogP contribution < -0.4 is 5.32 Å². The second-order valence-corrected chi connectivity index (χ2v) is 7.34. The first-order valence-electron chi connectivity index (χ1n) is 9.05. The minimum Gasteiger partial charge on any atom is -0.348 e. The van der Waals surface area contributed by atoms with Crippen LogP contribution in [-0.2, 0) is 6.42 Å². The molecule has 1 N–H and O–H groups in total. The van der Waals surface area contributed by atoms with E-state index in [2.05, 4.69) is 25.3 Å². The first-order chi connectivity index (χ1) is 13.7. The summed E-state index contributed by atoms with van der Waals surface area (Å²) in [5.41, 5.74) is 3.18. The number of rotatable bonds is 7. The number of fused-ring (bicyclic) bond motifs is 1. The van der Waals surface area contributed by atoms with Gasteiger partial charge in [-0.25, -0.2) is 9.97 Å². The zero-order valence-corrected chi connectivity index (χ0v) is 16.2. The monoisotopic (exact) mass is 389 g/mol. The molecular weight excluding hydrogens is 370 g/mol. The fraction of sp³-hybridized carbons (Fsp3) is 0.190. The number of nitrogens with one attached hydrogen (secondary N) is 1. The standard InChI is InChI=1S/C21H19N5OS/c1-14(15-5-4-10-22-13-15)24-21-25-17-9-12-28-20(17)19(26-21)18(27)8-7-16-6-2-3-11-23-16/h2-6,9-14H,7-8H2,1H3,(H,24,25,26)/t14-/m0/s1. The van der Waals surface area contributed by atoms with E-state index < -0.39 is 0 Å². The van der Waals surface area contributed by atoms with Crippen molar-refractivity contribution in [3.05, 3.63) is 77.3 Å². The van der Waals surface area contributed by atoms with E-state index in [9.17, 15) is 4.79 Å². The minimum atomic E-state index is -0.0266. The summed E-state index contributed by atoms with van der Waals surface area (Å²) in [4.78, 5) is 30.4. The fourth-order valence-corrected chi connectivity index (χ4v) is 3.77. The van der Waals surface area contributed by atoms with Crippen molar-refractivity contribution in [2.24, 2.45) is 0 Å². The second kappa shape index (κ2) is 8.22. The molecule has 0 aromatic carbocycles. The lowest BCUT2D eigenvalue weighted by Gasteiger charge is -2.14. The molecular formula is C21H19N5OS. The van der Waals surface area contributed by atoms with Crippen LogP contribution >= 0.6 is 11.3 Å². The van der Waals surface area contributed by atoms with Gasteiger partial charge in [-0.3, -0.25) is 14.8 Å². The van der Waals surface area contributed by atoms with Gasteiger partial charge in [0.05, 0.1) is 16.3 Å². The average Bonchev–Trinajstić information content (AvgIpc) is 3.21. The van der Waals surface area contributed by atoms with Crippen LogP contribution in [-0.4, -0.2) is 25.7 Å². The predicted octanol–water partition coefficient (Wildman–Crippen LogP) is 4.47. The van der Waals surface area contributed by atoms with E-state index in [1.807, 2.05) is 48.7 Å². The third kappa shape index (κ3) is 4.04. The van der Waals surface area contributed by atoms with Crippen molar-refractivity contribution in [3.8, 4) is 0 Å². The maximum Gasteiger partial charge on any atom is 0.224 e. The molecule has 0 aliphatic heterocycles. The number of hydrogen-bond donors (Lipinski definition) is 1. The Bertz CT molecular complexity index is 1080. The van der Waals surface area contributed by atoms with Crippen LogP contribution in [0.1, 0.15) is 41.1 Å². The Morgan fingerprint density at radius 2 is 2.07 bits per heavy atom. The van der Waals surface area contributed by atoms with Gasteiger partial charge < -0.3 is 5.32 Å². The average molecular weight is 389 g/mol. The van der Waals surface area contributed by atoms with Crippen molar-refractivity contribution < 1.29 is 4.79 Å². The van der Waals surface area contributed by atoms with Crippen LogP contribution in [0.25, 0.3) is 10.2 Å². The van der Waals surface area contributed by atoms with Gasteiger partial charge in [-0.1, -0.05) is 12.1 Å². The highest BCUT2D eigenvalue weighted by molar-refractivity contribution is 7.17. The van der Waals surface area contributed by atoms with Crippen LogP contribution in [0.5, 0.6) is 0 Å². The van der Waals surface area contributed by atoms with Gasteiger partial charge in [-0.2, -0.15) is 0 Å². The molecule has 6 nitrogen and oxygen atoms in total. The van der Waals surface area contributed by atoms with E-state index >= 15 is 0 Å². The molecule has 0 saturated carbocycles. The summed E-state index contributed by atoms with van der Waals surface area (Å²) >= 11 is 1.49. The van der Waals surface area contributed by atoms with E-state index in [0.717, 1.165) is 21.5 Å². The number of hydrogen-bond acceptors (Lipinski definition) is 7. The molecule has 4 heterocycles. The van der Waals surface area contributed by atoms with Crippen molar-refractivity contribution in [3.63, 3.8) is 0 Å². The molecule has 0 fully saturated rings. The molecule has 0 aliphatic rings. The number of Topliss-reactive ketones (excluding diaryl/α,β-unsaturated/α-hetero) is 1. The lowest BCUT2D eigenvalue weighted by Crippen LogP contribution is -2.13. The van der Waals surface area contributed by atoms with E-state index in [-0.39, 0.29) is 11.8 Å². The van der Waals surface area contributed by atoms with Crippen LogP contribution in [0.3, 0.4) is 0 Å². The van der Waals surface area contributed by atoms with Crippen LogP contribution in [0.15, 0.2) is 60.4 Å². The van der Waals surface area contributed by atoms with Gasteiger partial charge in [0.2, 0.25) is 5.95 Å². The van der Waals surface area contributed by atoms with Gasteiger partial charge in [0.15, 0.2) is 5.78 Å². The molecule has 4 aromatic rings. The zero-order chi connectivity index (χ0) is 19.3. The third-order valence-corrected chi connectivity index (χ3v) is 5.34. The molecule has 0 spiro atoms. The molecule has 4 rings (SSSR count).